The van der Waals surface area contributed by atoms with Gasteiger partial charge < -0.3 is 5.73 Å². The number of nitrogens with two attached hydrogens (primary N) is 1. The Morgan fingerprint density at radius 1 is 0.750 bits per heavy atom. The van der Waals surface area contributed by atoms with E-state index in [0.717, 1.165) is 6.42 Å². The predicted octanol–water partition coefficient (Wildman–Crippen LogP) is 4.12. The Kier molecular flexibility index (Phi) is 3.80. The molecule has 0 bridgehead atoms. The Bertz CT molecular complexity index is 688. The van der Waals surface area contributed by atoms with Gasteiger partial charge in [0, 0.05) is 5.92 Å². The maximum atomic E-state index is 6.00. The lowest BCUT2D eigenvalue weighted by molar-refractivity contribution is 0.695. The van der Waals surface area contributed by atoms with Gasteiger partial charge >= 0.3 is 0 Å². The van der Waals surface area contributed by atoms with Crippen LogP contribution >= 0.6 is 0 Å². The molecule has 100 valence electrons. The summed E-state index contributed by atoms with van der Waals surface area (Å²) < 4.78 is 0. The summed E-state index contributed by atoms with van der Waals surface area (Å²) in [5.41, 5.74) is 8.67. The fourth-order valence-electron chi connectivity index (χ4n) is 2.70. The van der Waals surface area contributed by atoms with Gasteiger partial charge in [-0.25, -0.2) is 0 Å². The van der Waals surface area contributed by atoms with Crippen molar-refractivity contribution >= 4 is 10.8 Å². The second-order valence-electron chi connectivity index (χ2n) is 5.23. The Morgan fingerprint density at radius 3 is 2.20 bits per heavy atom. The summed E-state index contributed by atoms with van der Waals surface area (Å²) in [6.45, 7) is 0.674. The van der Waals surface area contributed by atoms with Crippen LogP contribution in [0, 0.1) is 0 Å². The van der Waals surface area contributed by atoms with Gasteiger partial charge in [-0.05, 0) is 34.9 Å². The summed E-state index contributed by atoms with van der Waals surface area (Å²) in [6.07, 6.45) is 0.996. The summed E-state index contributed by atoms with van der Waals surface area (Å²) in [6, 6.07) is 25.7. The van der Waals surface area contributed by atoms with E-state index >= 15 is 0 Å². The van der Waals surface area contributed by atoms with Crippen LogP contribution in [0.15, 0.2) is 72.8 Å². The van der Waals surface area contributed by atoms with Crippen LogP contribution in [0.1, 0.15) is 17.0 Å². The minimum Gasteiger partial charge on any atom is -0.330 e. The third-order valence-electron chi connectivity index (χ3n) is 3.85. The minimum atomic E-state index is 0.377. The van der Waals surface area contributed by atoms with Gasteiger partial charge in [-0.1, -0.05) is 72.8 Å². The molecule has 0 aromatic heterocycles. The smallest absolute Gasteiger partial charge is 0.000179 e. The standard InChI is InChI=1S/C19H19N/c20-14-19(12-15-6-2-1-3-7-15)18-11-10-16-8-4-5-9-17(16)13-18/h1-11,13,19H,12,14,20H2. The molecule has 0 aliphatic rings. The van der Waals surface area contributed by atoms with E-state index in [1.165, 1.54) is 21.9 Å². The van der Waals surface area contributed by atoms with Crippen LogP contribution in [0.4, 0.5) is 0 Å². The van der Waals surface area contributed by atoms with Crippen molar-refractivity contribution < 1.29 is 0 Å². The molecule has 3 rings (SSSR count). The monoisotopic (exact) mass is 261 g/mol. The molecule has 3 aromatic carbocycles. The molecule has 0 heterocycles. The average molecular weight is 261 g/mol. The summed E-state index contributed by atoms with van der Waals surface area (Å²) in [7, 11) is 0. The number of rotatable bonds is 4. The first-order valence-corrected chi connectivity index (χ1v) is 7.09. The lowest BCUT2D eigenvalue weighted by Gasteiger charge is -2.16. The van der Waals surface area contributed by atoms with Crippen LogP contribution in [-0.2, 0) is 6.42 Å². The van der Waals surface area contributed by atoms with Crippen molar-refractivity contribution in [3.05, 3.63) is 83.9 Å². The maximum absolute atomic E-state index is 6.00. The Balaban J connectivity index is 1.91. The molecule has 0 aliphatic heterocycles. The molecule has 1 heteroatoms. The zero-order valence-corrected chi connectivity index (χ0v) is 11.5. The van der Waals surface area contributed by atoms with Gasteiger partial charge in [-0.3, -0.25) is 0 Å². The largest absolute Gasteiger partial charge is 0.330 e. The first-order chi connectivity index (χ1) is 9.86. The fraction of sp³-hybridized carbons (Fsp3) is 0.158. The summed E-state index contributed by atoms with van der Waals surface area (Å²) in [5, 5.41) is 2.57. The van der Waals surface area contributed by atoms with Crippen LogP contribution in [0.2, 0.25) is 0 Å². The summed E-state index contributed by atoms with van der Waals surface area (Å²) >= 11 is 0. The second-order valence-corrected chi connectivity index (χ2v) is 5.23. The van der Waals surface area contributed by atoms with Crippen molar-refractivity contribution in [1.82, 2.24) is 0 Å². The highest BCUT2D eigenvalue weighted by Crippen LogP contribution is 2.24. The molecule has 0 aliphatic carbocycles. The van der Waals surface area contributed by atoms with E-state index in [1.807, 2.05) is 0 Å². The molecule has 0 saturated carbocycles. The number of fused-ring (bicyclic) bond motifs is 1. The zero-order valence-electron chi connectivity index (χ0n) is 11.5. The number of benzene rings is 3. The molecule has 0 amide bonds. The van der Waals surface area contributed by atoms with Crippen LogP contribution < -0.4 is 5.73 Å². The van der Waals surface area contributed by atoms with Crippen molar-refractivity contribution in [3.63, 3.8) is 0 Å². The first kappa shape index (κ1) is 12.9. The Morgan fingerprint density at radius 2 is 1.45 bits per heavy atom. The molecule has 1 unspecified atom stereocenters. The molecular formula is C19H19N. The lowest BCUT2D eigenvalue weighted by atomic mass is 9.90. The van der Waals surface area contributed by atoms with E-state index in [0.29, 0.717) is 12.5 Å². The van der Waals surface area contributed by atoms with Crippen molar-refractivity contribution in [2.45, 2.75) is 12.3 Å². The maximum Gasteiger partial charge on any atom is 0.000179 e. The second kappa shape index (κ2) is 5.89. The van der Waals surface area contributed by atoms with Crippen LogP contribution in [0.25, 0.3) is 10.8 Å². The highest BCUT2D eigenvalue weighted by Gasteiger charge is 2.11. The zero-order chi connectivity index (χ0) is 13.8. The molecule has 0 fully saturated rings. The molecule has 2 N–H and O–H groups in total. The topological polar surface area (TPSA) is 26.0 Å². The minimum absolute atomic E-state index is 0.377. The number of hydrogen-bond donors (Lipinski definition) is 1. The molecule has 0 spiro atoms. The molecule has 1 nitrogen and oxygen atoms in total. The molecular weight excluding hydrogens is 242 g/mol. The van der Waals surface area contributed by atoms with Gasteiger partial charge in [0.1, 0.15) is 0 Å². The summed E-state index contributed by atoms with van der Waals surface area (Å²) in [4.78, 5) is 0. The summed E-state index contributed by atoms with van der Waals surface area (Å²) in [5.74, 6) is 0.377. The first-order valence-electron chi connectivity index (χ1n) is 7.09. The van der Waals surface area contributed by atoms with E-state index in [9.17, 15) is 0 Å². The van der Waals surface area contributed by atoms with Crippen molar-refractivity contribution in [3.8, 4) is 0 Å². The van der Waals surface area contributed by atoms with Gasteiger partial charge in [-0.15, -0.1) is 0 Å². The Hall–Kier alpha value is -2.12. The van der Waals surface area contributed by atoms with E-state index in [-0.39, 0.29) is 0 Å². The predicted molar refractivity (Wildman–Crippen MR) is 85.9 cm³/mol. The van der Waals surface area contributed by atoms with Crippen molar-refractivity contribution in [1.29, 1.82) is 0 Å². The molecule has 0 radical (unpaired) electrons. The van der Waals surface area contributed by atoms with Gasteiger partial charge in [0.2, 0.25) is 0 Å². The van der Waals surface area contributed by atoms with Gasteiger partial charge in [0.05, 0.1) is 0 Å². The van der Waals surface area contributed by atoms with Crippen LogP contribution in [0.5, 0.6) is 0 Å². The molecule has 1 atom stereocenters. The van der Waals surface area contributed by atoms with Gasteiger partial charge in [0.15, 0.2) is 0 Å². The highest BCUT2D eigenvalue weighted by molar-refractivity contribution is 5.83. The lowest BCUT2D eigenvalue weighted by Crippen LogP contribution is -2.15. The third kappa shape index (κ3) is 2.73. The van der Waals surface area contributed by atoms with Gasteiger partial charge in [-0.2, -0.15) is 0 Å². The SMILES string of the molecule is NCC(Cc1ccccc1)c1ccc2ccccc2c1. The van der Waals surface area contributed by atoms with Crippen molar-refractivity contribution in [2.24, 2.45) is 5.73 Å². The molecule has 20 heavy (non-hydrogen) atoms. The Labute approximate surface area is 120 Å². The average Bonchev–Trinajstić information content (AvgIpc) is 2.53. The quantitative estimate of drug-likeness (QED) is 0.751. The highest BCUT2D eigenvalue weighted by atomic mass is 14.5. The number of hydrogen-bond acceptors (Lipinski definition) is 1. The van der Waals surface area contributed by atoms with E-state index in [4.69, 9.17) is 5.73 Å². The van der Waals surface area contributed by atoms with Gasteiger partial charge in [0.25, 0.3) is 0 Å². The van der Waals surface area contributed by atoms with E-state index < -0.39 is 0 Å². The van der Waals surface area contributed by atoms with Crippen LogP contribution in [-0.4, -0.2) is 6.54 Å². The van der Waals surface area contributed by atoms with Crippen LogP contribution in [0.3, 0.4) is 0 Å². The normalized spacial score (nSPS) is 12.4. The van der Waals surface area contributed by atoms with Crippen molar-refractivity contribution in [2.75, 3.05) is 6.54 Å². The third-order valence-corrected chi connectivity index (χ3v) is 3.85. The molecule has 3 aromatic rings. The van der Waals surface area contributed by atoms with E-state index in [2.05, 4.69) is 72.8 Å². The van der Waals surface area contributed by atoms with E-state index in [1.54, 1.807) is 0 Å². The molecule has 0 saturated heterocycles. The fourth-order valence-corrected chi connectivity index (χ4v) is 2.70.